The Balaban J connectivity index is 3.02. The van der Waals surface area contributed by atoms with E-state index >= 15 is 0 Å². The fourth-order valence-corrected chi connectivity index (χ4v) is 3.81. The van der Waals surface area contributed by atoms with Gasteiger partial charge in [-0.15, -0.1) is 0 Å². The van der Waals surface area contributed by atoms with Crippen molar-refractivity contribution in [2.24, 2.45) is 0 Å². The highest BCUT2D eigenvalue weighted by molar-refractivity contribution is 6.43. The van der Waals surface area contributed by atoms with E-state index in [0.29, 0.717) is 23.4 Å². The third-order valence-electron chi connectivity index (χ3n) is 4.77. The van der Waals surface area contributed by atoms with Crippen molar-refractivity contribution in [2.75, 3.05) is 0 Å². The van der Waals surface area contributed by atoms with E-state index in [1.807, 2.05) is 0 Å². The van der Waals surface area contributed by atoms with Gasteiger partial charge in [-0.1, -0.05) is 88.4 Å². The molecule has 0 aromatic heterocycles. The van der Waals surface area contributed by atoms with Gasteiger partial charge < -0.3 is 14.9 Å². The van der Waals surface area contributed by atoms with Crippen molar-refractivity contribution < 1.29 is 19.7 Å². The molecule has 0 aliphatic rings. The maximum atomic E-state index is 11.0. The molecule has 4 nitrogen and oxygen atoms in total. The van der Waals surface area contributed by atoms with E-state index < -0.39 is 6.16 Å². The first-order valence-electron chi connectivity index (χ1n) is 10.1. The Morgan fingerprint density at radius 2 is 1.30 bits per heavy atom. The van der Waals surface area contributed by atoms with Crippen molar-refractivity contribution in [1.82, 2.24) is 0 Å². The molecule has 0 fully saturated rings. The number of phenols is 1. The second-order valence-electron chi connectivity index (χ2n) is 6.96. The molecule has 0 radical (unpaired) electrons. The summed E-state index contributed by atoms with van der Waals surface area (Å²) in [6.45, 7) is 4.34. The Morgan fingerprint density at radius 1 is 0.815 bits per heavy atom. The number of phenolic OH excluding ortho intramolecular Hbond substituents is 1. The maximum absolute atomic E-state index is 11.0. The lowest BCUT2D eigenvalue weighted by atomic mass is 9.95. The molecule has 0 bridgehead atoms. The van der Waals surface area contributed by atoms with Gasteiger partial charge in [0.05, 0.1) is 5.02 Å². The van der Waals surface area contributed by atoms with Gasteiger partial charge in [0.2, 0.25) is 0 Å². The number of hydrogen-bond donors (Lipinski definition) is 2. The second-order valence-corrected chi connectivity index (χ2v) is 7.72. The minimum absolute atomic E-state index is 0.0325. The molecule has 0 heterocycles. The van der Waals surface area contributed by atoms with Crippen LogP contribution in [0.4, 0.5) is 4.79 Å². The van der Waals surface area contributed by atoms with Crippen molar-refractivity contribution >= 4 is 29.4 Å². The van der Waals surface area contributed by atoms with Gasteiger partial charge in [-0.3, -0.25) is 0 Å². The molecule has 154 valence electrons. The van der Waals surface area contributed by atoms with E-state index in [4.69, 9.17) is 33.0 Å². The topological polar surface area (TPSA) is 66.8 Å². The van der Waals surface area contributed by atoms with Crippen LogP contribution in [-0.2, 0) is 12.8 Å². The number of carboxylic acid groups (broad SMARTS) is 1. The summed E-state index contributed by atoms with van der Waals surface area (Å²) in [5, 5.41) is 19.8. The minimum Gasteiger partial charge on any atom is -0.504 e. The highest BCUT2D eigenvalue weighted by atomic mass is 35.5. The van der Waals surface area contributed by atoms with Crippen LogP contribution in [0.1, 0.15) is 89.2 Å². The number of aromatic hydroxyl groups is 1. The van der Waals surface area contributed by atoms with Crippen LogP contribution < -0.4 is 4.74 Å². The molecule has 0 atom stereocenters. The Hall–Kier alpha value is -1.13. The second kappa shape index (κ2) is 13.1. The summed E-state index contributed by atoms with van der Waals surface area (Å²) in [6.07, 6.45) is 10.9. The van der Waals surface area contributed by atoms with E-state index in [0.717, 1.165) is 44.1 Å². The molecule has 2 N–H and O–H groups in total. The number of hydrogen-bond acceptors (Lipinski definition) is 3. The van der Waals surface area contributed by atoms with Crippen molar-refractivity contribution in [3.8, 4) is 11.5 Å². The third-order valence-corrected chi connectivity index (χ3v) is 5.65. The molecule has 0 unspecified atom stereocenters. The molecule has 0 amide bonds. The predicted octanol–water partition coefficient (Wildman–Crippen LogP) is 7.78. The Labute approximate surface area is 172 Å². The van der Waals surface area contributed by atoms with Crippen molar-refractivity contribution in [3.05, 3.63) is 21.2 Å². The maximum Gasteiger partial charge on any atom is 0.511 e. The van der Waals surface area contributed by atoms with E-state index in [1.165, 1.54) is 25.7 Å². The van der Waals surface area contributed by atoms with Gasteiger partial charge in [-0.05, 0) is 31.2 Å². The number of unbranched alkanes of at least 4 members (excludes halogenated alkanes) is 8. The summed E-state index contributed by atoms with van der Waals surface area (Å²) < 4.78 is 4.70. The van der Waals surface area contributed by atoms with Gasteiger partial charge >= 0.3 is 6.16 Å². The average Bonchev–Trinajstić information content (AvgIpc) is 2.64. The number of ether oxygens (including phenoxy) is 1. The highest BCUT2D eigenvalue weighted by Crippen LogP contribution is 2.46. The van der Waals surface area contributed by atoms with Gasteiger partial charge in [0.15, 0.2) is 11.5 Å². The third kappa shape index (κ3) is 7.79. The van der Waals surface area contributed by atoms with Crippen LogP contribution in [0, 0.1) is 0 Å². The molecular formula is C21H32Cl2O4. The van der Waals surface area contributed by atoms with E-state index in [2.05, 4.69) is 13.8 Å². The number of halogens is 2. The van der Waals surface area contributed by atoms with Gasteiger partial charge in [0, 0.05) is 5.56 Å². The molecule has 0 saturated heterocycles. The monoisotopic (exact) mass is 418 g/mol. The number of rotatable bonds is 13. The fraction of sp³-hybridized carbons (Fsp3) is 0.667. The summed E-state index contributed by atoms with van der Waals surface area (Å²) in [7, 11) is 0. The summed E-state index contributed by atoms with van der Waals surface area (Å²) >= 11 is 12.7. The molecule has 6 heteroatoms. The summed E-state index contributed by atoms with van der Waals surface area (Å²) in [5.74, 6) is -0.446. The Morgan fingerprint density at radius 3 is 1.78 bits per heavy atom. The summed E-state index contributed by atoms with van der Waals surface area (Å²) in [6, 6.07) is 0. The quantitative estimate of drug-likeness (QED) is 0.195. The van der Waals surface area contributed by atoms with Gasteiger partial charge in [-0.2, -0.15) is 0 Å². The smallest absolute Gasteiger partial charge is 0.504 e. The molecule has 0 aliphatic carbocycles. The van der Waals surface area contributed by atoms with Crippen LogP contribution in [0.25, 0.3) is 0 Å². The average molecular weight is 419 g/mol. The van der Waals surface area contributed by atoms with E-state index in [9.17, 15) is 9.90 Å². The molecule has 27 heavy (non-hydrogen) atoms. The van der Waals surface area contributed by atoms with E-state index in [-0.39, 0.29) is 16.5 Å². The molecule has 1 aromatic rings. The fourth-order valence-electron chi connectivity index (χ4n) is 3.27. The number of carbonyl (C=O) groups is 1. The normalized spacial score (nSPS) is 11.0. The minimum atomic E-state index is -1.52. The number of benzene rings is 1. The largest absolute Gasteiger partial charge is 0.511 e. The molecule has 0 saturated carbocycles. The lowest BCUT2D eigenvalue weighted by molar-refractivity contribution is 0.143. The lowest BCUT2D eigenvalue weighted by Gasteiger charge is -2.18. The Bertz CT molecular complexity index is 603. The van der Waals surface area contributed by atoms with Crippen LogP contribution in [0.2, 0.25) is 10.0 Å². The molecule has 0 spiro atoms. The molecule has 0 aliphatic heterocycles. The zero-order chi connectivity index (χ0) is 20.2. The molecule has 1 rings (SSSR count). The first-order chi connectivity index (χ1) is 12.9. The lowest BCUT2D eigenvalue weighted by Crippen LogP contribution is -2.07. The SMILES string of the molecule is CCCCCCCc1c(O)c(OC(=O)O)c(Cl)c(Cl)c1CCCCCCC. The van der Waals surface area contributed by atoms with Crippen LogP contribution in [0.5, 0.6) is 11.5 Å². The van der Waals surface area contributed by atoms with Gasteiger partial charge in [0.25, 0.3) is 0 Å². The highest BCUT2D eigenvalue weighted by Gasteiger charge is 2.24. The Kier molecular flexibility index (Phi) is 11.6. The van der Waals surface area contributed by atoms with Crippen molar-refractivity contribution in [2.45, 2.75) is 90.9 Å². The van der Waals surface area contributed by atoms with Crippen LogP contribution in [-0.4, -0.2) is 16.4 Å². The van der Waals surface area contributed by atoms with Gasteiger partial charge in [-0.25, -0.2) is 4.79 Å². The first-order valence-corrected chi connectivity index (χ1v) is 10.8. The molecule has 1 aromatic carbocycles. The summed E-state index contributed by atoms with van der Waals surface area (Å²) in [5.41, 5.74) is 1.50. The molecular weight excluding hydrogens is 387 g/mol. The van der Waals surface area contributed by atoms with Crippen LogP contribution in [0.15, 0.2) is 0 Å². The first kappa shape index (κ1) is 23.9. The standard InChI is InChI=1S/C21H32Cl2O4/c1-3-5-7-9-11-13-15-16(14-12-10-8-6-4-2)19(24)20(27-21(25)26)18(23)17(15)22/h24H,3-14H2,1-2H3,(H,25,26). The van der Waals surface area contributed by atoms with Crippen molar-refractivity contribution in [1.29, 1.82) is 0 Å². The van der Waals surface area contributed by atoms with Gasteiger partial charge in [0.1, 0.15) is 5.02 Å². The van der Waals surface area contributed by atoms with E-state index in [1.54, 1.807) is 0 Å². The zero-order valence-electron chi connectivity index (χ0n) is 16.5. The summed E-state index contributed by atoms with van der Waals surface area (Å²) in [4.78, 5) is 11.0. The van der Waals surface area contributed by atoms with Crippen LogP contribution >= 0.6 is 23.2 Å². The zero-order valence-corrected chi connectivity index (χ0v) is 18.0. The van der Waals surface area contributed by atoms with Crippen LogP contribution in [0.3, 0.4) is 0 Å². The predicted molar refractivity (Wildman–Crippen MR) is 112 cm³/mol. The van der Waals surface area contributed by atoms with Crippen molar-refractivity contribution in [3.63, 3.8) is 0 Å².